The molecule has 0 bridgehead atoms. The molecule has 2 aliphatic heterocycles. The van der Waals surface area contributed by atoms with Crippen LogP contribution in [-0.4, -0.2) is 60.6 Å². The number of ether oxygens (including phenoxy) is 2. The van der Waals surface area contributed by atoms with Gasteiger partial charge in [0.15, 0.2) is 11.5 Å². The second-order valence-corrected chi connectivity index (χ2v) is 7.87. The quantitative estimate of drug-likeness (QED) is 0.790. The third-order valence-corrected chi connectivity index (χ3v) is 5.69. The summed E-state index contributed by atoms with van der Waals surface area (Å²) < 4.78 is 10.8. The highest BCUT2D eigenvalue weighted by molar-refractivity contribution is 6.33. The van der Waals surface area contributed by atoms with Crippen molar-refractivity contribution in [1.29, 1.82) is 0 Å². The Balaban J connectivity index is 1.27. The molecule has 0 aromatic heterocycles. The average Bonchev–Trinajstić information content (AvgIpc) is 3.22. The predicted molar refractivity (Wildman–Crippen MR) is 113 cm³/mol. The number of amides is 2. The molecule has 2 aromatic carbocycles. The zero-order valence-electron chi connectivity index (χ0n) is 16.8. The van der Waals surface area contributed by atoms with Gasteiger partial charge in [-0.05, 0) is 36.8 Å². The molecule has 2 aromatic rings. The van der Waals surface area contributed by atoms with Gasteiger partial charge in [-0.2, -0.15) is 0 Å². The van der Waals surface area contributed by atoms with E-state index in [-0.39, 0.29) is 18.6 Å². The highest BCUT2D eigenvalue weighted by Crippen LogP contribution is 2.32. The van der Waals surface area contributed by atoms with Crippen LogP contribution in [0.15, 0.2) is 42.5 Å². The maximum absolute atomic E-state index is 12.8. The van der Waals surface area contributed by atoms with Crippen molar-refractivity contribution in [3.8, 4) is 11.5 Å². The van der Waals surface area contributed by atoms with E-state index in [1.807, 2.05) is 18.2 Å². The Morgan fingerprint density at radius 1 is 1.07 bits per heavy atom. The van der Waals surface area contributed by atoms with Crippen molar-refractivity contribution in [2.24, 2.45) is 0 Å². The maximum atomic E-state index is 12.8. The number of nitrogens with zero attached hydrogens (tertiary/aromatic N) is 2. The number of halogens is 1. The van der Waals surface area contributed by atoms with Crippen LogP contribution in [0.3, 0.4) is 0 Å². The number of carbonyl (C=O) groups is 2. The highest BCUT2D eigenvalue weighted by Gasteiger charge is 2.26. The third kappa shape index (κ3) is 4.52. The molecule has 2 aliphatic rings. The van der Waals surface area contributed by atoms with Crippen molar-refractivity contribution in [3.05, 3.63) is 58.6 Å². The van der Waals surface area contributed by atoms with E-state index in [2.05, 4.69) is 10.2 Å². The van der Waals surface area contributed by atoms with Gasteiger partial charge in [0.25, 0.3) is 5.91 Å². The largest absolute Gasteiger partial charge is 0.454 e. The van der Waals surface area contributed by atoms with E-state index < -0.39 is 6.04 Å². The molecule has 0 radical (unpaired) electrons. The molecule has 2 heterocycles. The Morgan fingerprint density at radius 3 is 2.57 bits per heavy atom. The molecule has 4 rings (SSSR count). The summed E-state index contributed by atoms with van der Waals surface area (Å²) in [5, 5.41) is 3.12. The average molecular weight is 430 g/mol. The standard InChI is InChI=1S/C22H24ClN3O4/c1-15(24-21(27)17-4-2-3-5-18(17)23)22(28)26-10-8-25(9-11-26)13-16-6-7-19-20(12-16)30-14-29-19/h2-7,12,15H,8-11,13-14H2,1H3,(H,24,27)/t15-/m0/s1. The van der Waals surface area contributed by atoms with E-state index in [9.17, 15) is 9.59 Å². The van der Waals surface area contributed by atoms with E-state index in [1.165, 1.54) is 0 Å². The Hall–Kier alpha value is -2.77. The number of nitrogens with one attached hydrogen (secondary N) is 1. The Morgan fingerprint density at radius 2 is 1.80 bits per heavy atom. The Kier molecular flexibility index (Phi) is 6.11. The first-order valence-electron chi connectivity index (χ1n) is 9.96. The van der Waals surface area contributed by atoms with E-state index >= 15 is 0 Å². The van der Waals surface area contributed by atoms with E-state index in [4.69, 9.17) is 21.1 Å². The number of hydrogen-bond acceptors (Lipinski definition) is 5. The first-order valence-corrected chi connectivity index (χ1v) is 10.3. The zero-order chi connectivity index (χ0) is 21.1. The lowest BCUT2D eigenvalue weighted by Crippen LogP contribution is -2.53. The molecule has 0 unspecified atom stereocenters. The molecule has 0 saturated carbocycles. The number of piperazine rings is 1. The monoisotopic (exact) mass is 429 g/mol. The van der Waals surface area contributed by atoms with Crippen molar-refractivity contribution >= 4 is 23.4 Å². The molecule has 1 saturated heterocycles. The highest BCUT2D eigenvalue weighted by atomic mass is 35.5. The fourth-order valence-corrected chi connectivity index (χ4v) is 3.90. The molecular weight excluding hydrogens is 406 g/mol. The second-order valence-electron chi connectivity index (χ2n) is 7.46. The lowest BCUT2D eigenvalue weighted by atomic mass is 10.1. The molecule has 158 valence electrons. The summed E-state index contributed by atoms with van der Waals surface area (Å²) in [5.41, 5.74) is 1.52. The van der Waals surface area contributed by atoms with Crippen LogP contribution in [0.5, 0.6) is 11.5 Å². The summed E-state index contributed by atoms with van der Waals surface area (Å²) in [6.07, 6.45) is 0. The van der Waals surface area contributed by atoms with Crippen LogP contribution < -0.4 is 14.8 Å². The molecule has 0 spiro atoms. The van der Waals surface area contributed by atoms with Crippen molar-refractivity contribution in [2.75, 3.05) is 33.0 Å². The SMILES string of the molecule is C[C@H](NC(=O)c1ccccc1Cl)C(=O)N1CCN(Cc2ccc3c(c2)OCO3)CC1. The fraction of sp³-hybridized carbons (Fsp3) is 0.364. The Labute approximate surface area is 180 Å². The molecule has 1 N–H and O–H groups in total. The van der Waals surface area contributed by atoms with Gasteiger partial charge < -0.3 is 19.7 Å². The minimum absolute atomic E-state index is 0.0851. The van der Waals surface area contributed by atoms with Gasteiger partial charge in [0.05, 0.1) is 10.6 Å². The van der Waals surface area contributed by atoms with Gasteiger partial charge in [-0.15, -0.1) is 0 Å². The summed E-state index contributed by atoms with van der Waals surface area (Å²) in [4.78, 5) is 29.3. The van der Waals surface area contributed by atoms with E-state index in [0.29, 0.717) is 23.7 Å². The number of benzene rings is 2. The van der Waals surface area contributed by atoms with Gasteiger partial charge in [0.1, 0.15) is 6.04 Å². The molecule has 1 fully saturated rings. The molecular formula is C22H24ClN3O4. The van der Waals surface area contributed by atoms with E-state index in [0.717, 1.165) is 36.7 Å². The number of fused-ring (bicyclic) bond motifs is 1. The van der Waals surface area contributed by atoms with Crippen LogP contribution >= 0.6 is 11.6 Å². The predicted octanol–water partition coefficient (Wildman–Crippen LogP) is 2.53. The number of hydrogen-bond donors (Lipinski definition) is 1. The lowest BCUT2D eigenvalue weighted by Gasteiger charge is -2.36. The molecule has 30 heavy (non-hydrogen) atoms. The lowest BCUT2D eigenvalue weighted by molar-refractivity contribution is -0.134. The smallest absolute Gasteiger partial charge is 0.253 e. The molecule has 7 nitrogen and oxygen atoms in total. The minimum atomic E-state index is -0.616. The molecule has 0 aliphatic carbocycles. The van der Waals surface area contributed by atoms with Gasteiger partial charge in [-0.1, -0.05) is 29.8 Å². The van der Waals surface area contributed by atoms with Crippen LogP contribution in [0.1, 0.15) is 22.8 Å². The first-order chi connectivity index (χ1) is 14.5. The van der Waals surface area contributed by atoms with Crippen LogP contribution in [0.2, 0.25) is 5.02 Å². The molecule has 1 atom stereocenters. The van der Waals surface area contributed by atoms with Crippen molar-refractivity contribution in [1.82, 2.24) is 15.1 Å². The topological polar surface area (TPSA) is 71.1 Å². The van der Waals surface area contributed by atoms with Crippen LogP contribution in [0.25, 0.3) is 0 Å². The first kappa shape index (κ1) is 20.5. The summed E-state index contributed by atoms with van der Waals surface area (Å²) in [5.74, 6) is 1.13. The summed E-state index contributed by atoms with van der Waals surface area (Å²) in [6.45, 7) is 5.54. The maximum Gasteiger partial charge on any atom is 0.253 e. The van der Waals surface area contributed by atoms with Gasteiger partial charge in [-0.25, -0.2) is 0 Å². The molecule has 8 heteroatoms. The van der Waals surface area contributed by atoms with Gasteiger partial charge >= 0.3 is 0 Å². The second kappa shape index (κ2) is 8.93. The number of rotatable bonds is 5. The molecule has 2 amide bonds. The summed E-state index contributed by atoms with van der Waals surface area (Å²) in [6, 6.07) is 12.2. The van der Waals surface area contributed by atoms with Crippen molar-refractivity contribution in [3.63, 3.8) is 0 Å². The fourth-order valence-electron chi connectivity index (χ4n) is 3.68. The number of carbonyl (C=O) groups excluding carboxylic acids is 2. The van der Waals surface area contributed by atoms with Gasteiger partial charge in [-0.3, -0.25) is 14.5 Å². The zero-order valence-corrected chi connectivity index (χ0v) is 17.5. The summed E-state index contributed by atoms with van der Waals surface area (Å²) in [7, 11) is 0. The van der Waals surface area contributed by atoms with Crippen molar-refractivity contribution < 1.29 is 19.1 Å². The van der Waals surface area contributed by atoms with Crippen molar-refractivity contribution in [2.45, 2.75) is 19.5 Å². The van der Waals surface area contributed by atoms with Crippen LogP contribution in [0, 0.1) is 0 Å². The van der Waals surface area contributed by atoms with Gasteiger partial charge in [0, 0.05) is 32.7 Å². The third-order valence-electron chi connectivity index (χ3n) is 5.36. The summed E-state index contributed by atoms with van der Waals surface area (Å²) >= 11 is 6.07. The normalized spacial score (nSPS) is 16.9. The van der Waals surface area contributed by atoms with Crippen LogP contribution in [0.4, 0.5) is 0 Å². The van der Waals surface area contributed by atoms with E-state index in [1.54, 1.807) is 36.1 Å². The van der Waals surface area contributed by atoms with Gasteiger partial charge in [0.2, 0.25) is 12.7 Å². The minimum Gasteiger partial charge on any atom is -0.454 e. The Bertz CT molecular complexity index is 944. The van der Waals surface area contributed by atoms with Crippen LogP contribution in [-0.2, 0) is 11.3 Å².